The van der Waals surface area contributed by atoms with Crippen molar-refractivity contribution in [2.75, 3.05) is 6.61 Å². The van der Waals surface area contributed by atoms with E-state index in [1.807, 2.05) is 0 Å². The fourth-order valence-corrected chi connectivity index (χ4v) is 0.123. The zero-order valence-electron chi connectivity index (χ0n) is 5.03. The Morgan fingerprint density at radius 1 is 1.89 bits per heavy atom. The molecule has 54 valence electrons. The van der Waals surface area contributed by atoms with Crippen LogP contribution in [0.4, 0.5) is 4.79 Å². The third kappa shape index (κ3) is 50.0. The fourth-order valence-electron chi connectivity index (χ4n) is 0.123. The van der Waals surface area contributed by atoms with Gasteiger partial charge in [-0.2, -0.15) is 0 Å². The summed E-state index contributed by atoms with van der Waals surface area (Å²) in [6.07, 6.45) is -0.961. The van der Waals surface area contributed by atoms with Crippen LogP contribution in [0.1, 0.15) is 6.92 Å². The summed E-state index contributed by atoms with van der Waals surface area (Å²) in [5.41, 5.74) is 4.17. The van der Waals surface area contributed by atoms with E-state index in [1.165, 1.54) is 0 Å². The fraction of sp³-hybridized carbons (Fsp3) is 0.500. The van der Waals surface area contributed by atoms with Crippen LogP contribution in [0.25, 0.3) is 0 Å². The normalized spacial score (nSPS) is 6.33. The third-order valence-electron chi connectivity index (χ3n) is 0.268. The Labute approximate surface area is 52.4 Å². The molecular formula is C4H9NO4. The molecule has 0 aliphatic heterocycles. The monoisotopic (exact) mass is 135 g/mol. The lowest BCUT2D eigenvalue weighted by molar-refractivity contribution is -0.106. The number of primary amides is 1. The molecule has 0 unspecified atom stereocenters. The van der Waals surface area contributed by atoms with Crippen LogP contribution in [0.15, 0.2) is 0 Å². The number of carbonyl (C=O) groups is 2. The zero-order chi connectivity index (χ0) is 7.70. The molecule has 0 rings (SSSR count). The predicted molar refractivity (Wildman–Crippen MR) is 29.9 cm³/mol. The molecule has 5 nitrogen and oxygen atoms in total. The van der Waals surface area contributed by atoms with Gasteiger partial charge in [0.25, 0.3) is 0 Å². The van der Waals surface area contributed by atoms with Gasteiger partial charge >= 0.3 is 6.16 Å². The highest BCUT2D eigenvalue weighted by Gasteiger charge is 1.86. The van der Waals surface area contributed by atoms with Gasteiger partial charge in [-0.1, -0.05) is 0 Å². The largest absolute Gasteiger partial charge is 0.505 e. The van der Waals surface area contributed by atoms with Gasteiger partial charge in [0.15, 0.2) is 0 Å². The minimum atomic E-state index is -1.21. The minimum Gasteiger partial charge on any atom is -0.450 e. The maximum absolute atomic E-state index is 9.38. The molecule has 0 aromatic carbocycles. The summed E-state index contributed by atoms with van der Waals surface area (Å²) in [6, 6.07) is 0. The Hall–Kier alpha value is -1.26. The van der Waals surface area contributed by atoms with Crippen LogP contribution >= 0.6 is 0 Å². The van der Waals surface area contributed by atoms with Crippen LogP contribution < -0.4 is 5.73 Å². The summed E-state index contributed by atoms with van der Waals surface area (Å²) < 4.78 is 3.96. The van der Waals surface area contributed by atoms with Crippen molar-refractivity contribution >= 4 is 12.6 Å². The van der Waals surface area contributed by atoms with Gasteiger partial charge in [0.2, 0.25) is 6.41 Å². The number of hydrogen-bond donors (Lipinski definition) is 2. The molecule has 0 aliphatic carbocycles. The maximum atomic E-state index is 9.38. The summed E-state index contributed by atoms with van der Waals surface area (Å²) >= 11 is 0. The van der Waals surface area contributed by atoms with E-state index < -0.39 is 6.16 Å². The second kappa shape index (κ2) is 9.88. The quantitative estimate of drug-likeness (QED) is 0.385. The molecule has 3 N–H and O–H groups in total. The Morgan fingerprint density at radius 2 is 2.22 bits per heavy atom. The van der Waals surface area contributed by atoms with Gasteiger partial charge in [0.05, 0.1) is 6.61 Å². The van der Waals surface area contributed by atoms with Gasteiger partial charge in [-0.3, -0.25) is 4.79 Å². The van der Waals surface area contributed by atoms with Crippen LogP contribution in [-0.4, -0.2) is 24.3 Å². The molecule has 0 aliphatic rings. The van der Waals surface area contributed by atoms with Gasteiger partial charge in [0, 0.05) is 0 Å². The van der Waals surface area contributed by atoms with Crippen LogP contribution in [0.5, 0.6) is 0 Å². The Bertz CT molecular complexity index is 82.6. The summed E-state index contributed by atoms with van der Waals surface area (Å²) in [5.74, 6) is 0. The van der Waals surface area contributed by atoms with E-state index >= 15 is 0 Å². The van der Waals surface area contributed by atoms with Gasteiger partial charge in [-0.15, -0.1) is 0 Å². The average molecular weight is 135 g/mol. The first-order valence-corrected chi connectivity index (χ1v) is 2.20. The number of carboxylic acid groups (broad SMARTS) is 1. The van der Waals surface area contributed by atoms with E-state index in [4.69, 9.17) is 9.90 Å². The number of hydrogen-bond acceptors (Lipinski definition) is 3. The molecule has 1 amide bonds. The van der Waals surface area contributed by atoms with Crippen LogP contribution in [0, 0.1) is 0 Å². The molecule has 0 atom stereocenters. The molecule has 0 radical (unpaired) electrons. The van der Waals surface area contributed by atoms with Crippen LogP contribution in [0.2, 0.25) is 0 Å². The van der Waals surface area contributed by atoms with E-state index in [0.717, 1.165) is 0 Å². The van der Waals surface area contributed by atoms with Crippen molar-refractivity contribution in [2.45, 2.75) is 6.92 Å². The van der Waals surface area contributed by atoms with Gasteiger partial charge in [-0.05, 0) is 6.92 Å². The van der Waals surface area contributed by atoms with E-state index in [1.54, 1.807) is 6.92 Å². The van der Waals surface area contributed by atoms with Gasteiger partial charge in [-0.25, -0.2) is 4.79 Å². The number of rotatable bonds is 1. The number of amides is 1. The first kappa shape index (κ1) is 10.7. The standard InChI is InChI=1S/C3H6O3.CH3NO/c1-2-6-3(4)5;2-1-3/h2H2,1H3,(H,4,5);1H,(H2,2,3). The molecule has 0 heterocycles. The SMILES string of the molecule is CCOC(=O)O.NC=O. The third-order valence-corrected chi connectivity index (χ3v) is 0.268. The summed E-state index contributed by atoms with van der Waals surface area (Å²) in [4.78, 5) is 18.0. The topological polar surface area (TPSA) is 89.6 Å². The van der Waals surface area contributed by atoms with Crippen molar-refractivity contribution in [3.63, 3.8) is 0 Å². The van der Waals surface area contributed by atoms with E-state index in [2.05, 4.69) is 10.5 Å². The Kier molecular flexibility index (Phi) is 11.7. The minimum absolute atomic E-state index is 0.231. The van der Waals surface area contributed by atoms with Crippen molar-refractivity contribution in [3.05, 3.63) is 0 Å². The lowest BCUT2D eigenvalue weighted by atomic mass is 10.9. The smallest absolute Gasteiger partial charge is 0.450 e. The molecule has 0 saturated heterocycles. The van der Waals surface area contributed by atoms with E-state index in [0.29, 0.717) is 0 Å². The molecule has 5 heteroatoms. The maximum Gasteiger partial charge on any atom is 0.505 e. The summed E-state index contributed by atoms with van der Waals surface area (Å²) in [7, 11) is 0. The van der Waals surface area contributed by atoms with Crippen molar-refractivity contribution < 1.29 is 19.4 Å². The highest BCUT2D eigenvalue weighted by Crippen LogP contribution is 1.69. The molecular weight excluding hydrogens is 126 g/mol. The zero-order valence-corrected chi connectivity index (χ0v) is 5.03. The number of carbonyl (C=O) groups excluding carboxylic acids is 1. The number of ether oxygens (including phenoxy) is 1. The van der Waals surface area contributed by atoms with E-state index in [9.17, 15) is 4.79 Å². The molecule has 0 aromatic heterocycles. The molecule has 0 spiro atoms. The molecule has 9 heavy (non-hydrogen) atoms. The van der Waals surface area contributed by atoms with Crippen molar-refractivity contribution in [3.8, 4) is 0 Å². The first-order chi connectivity index (χ1) is 4.18. The van der Waals surface area contributed by atoms with Crippen molar-refractivity contribution in [1.29, 1.82) is 0 Å². The van der Waals surface area contributed by atoms with Crippen molar-refractivity contribution in [1.82, 2.24) is 0 Å². The lowest BCUT2D eigenvalue weighted by Crippen LogP contribution is -1.97. The molecule has 0 saturated carbocycles. The predicted octanol–water partition coefficient (Wildman–Crippen LogP) is -0.198. The Morgan fingerprint density at radius 3 is 2.22 bits per heavy atom. The first-order valence-electron chi connectivity index (χ1n) is 2.20. The molecule has 0 aromatic rings. The molecule has 0 bridgehead atoms. The average Bonchev–Trinajstić information content (AvgIpc) is 1.67. The van der Waals surface area contributed by atoms with Crippen molar-refractivity contribution in [2.24, 2.45) is 5.73 Å². The number of nitrogens with two attached hydrogens (primary N) is 1. The second-order valence-corrected chi connectivity index (χ2v) is 0.835. The van der Waals surface area contributed by atoms with Crippen LogP contribution in [-0.2, 0) is 9.53 Å². The van der Waals surface area contributed by atoms with Crippen LogP contribution in [0.3, 0.4) is 0 Å². The van der Waals surface area contributed by atoms with Gasteiger partial charge < -0.3 is 15.6 Å². The summed E-state index contributed by atoms with van der Waals surface area (Å²) in [5, 5.41) is 7.69. The summed E-state index contributed by atoms with van der Waals surface area (Å²) in [6.45, 7) is 1.85. The van der Waals surface area contributed by atoms with E-state index in [-0.39, 0.29) is 13.0 Å². The Balaban J connectivity index is 0. The second-order valence-electron chi connectivity index (χ2n) is 0.835. The van der Waals surface area contributed by atoms with Gasteiger partial charge in [0.1, 0.15) is 0 Å². The highest BCUT2D eigenvalue weighted by atomic mass is 16.7. The molecule has 0 fully saturated rings. The highest BCUT2D eigenvalue weighted by molar-refractivity contribution is 5.56. The lowest BCUT2D eigenvalue weighted by Gasteiger charge is -1.87.